The van der Waals surface area contributed by atoms with Crippen LogP contribution in [0.25, 0.3) is 0 Å². The number of hydrogen-bond acceptors (Lipinski definition) is 2. The second-order valence-corrected chi connectivity index (χ2v) is 5.59. The lowest BCUT2D eigenvalue weighted by atomic mass is 10.1. The molecule has 2 aromatic rings. The third-order valence-electron chi connectivity index (χ3n) is 4.09. The van der Waals surface area contributed by atoms with Crippen LogP contribution >= 0.6 is 0 Å². The van der Waals surface area contributed by atoms with Crippen LogP contribution in [0.1, 0.15) is 24.0 Å². The van der Waals surface area contributed by atoms with Crippen LogP contribution in [0.3, 0.4) is 0 Å². The van der Waals surface area contributed by atoms with Crippen LogP contribution in [0, 0.1) is 0 Å². The number of carbonyl (C=O) groups excluding carboxylic acids is 1. The number of para-hydroxylation sites is 2. The topological polar surface area (TPSA) is 58.4 Å². The molecule has 1 heterocycles. The number of nitrogens with one attached hydrogen (secondary N) is 1. The predicted octanol–water partition coefficient (Wildman–Crippen LogP) is 3.32. The molecule has 0 spiro atoms. The molecule has 4 nitrogen and oxygen atoms in total. The lowest BCUT2D eigenvalue weighted by Gasteiger charge is -2.23. The summed E-state index contributed by atoms with van der Waals surface area (Å²) >= 11 is 0. The molecule has 0 aliphatic carbocycles. The molecule has 3 N–H and O–H groups in total. The Hall–Kier alpha value is -2.49. The molecule has 3 rings (SSSR count). The Balaban J connectivity index is 1.73. The first-order valence-corrected chi connectivity index (χ1v) is 7.72. The van der Waals surface area contributed by atoms with Gasteiger partial charge >= 0.3 is 6.03 Å². The molecule has 2 amide bonds. The van der Waals surface area contributed by atoms with Crippen molar-refractivity contribution in [3.8, 4) is 0 Å². The summed E-state index contributed by atoms with van der Waals surface area (Å²) in [6.45, 7) is 1.21. The van der Waals surface area contributed by atoms with Crippen molar-refractivity contribution in [2.75, 3.05) is 17.2 Å². The Labute approximate surface area is 130 Å². The van der Waals surface area contributed by atoms with Gasteiger partial charge in [0.1, 0.15) is 0 Å². The van der Waals surface area contributed by atoms with Crippen molar-refractivity contribution in [2.45, 2.75) is 25.8 Å². The van der Waals surface area contributed by atoms with Crippen molar-refractivity contribution in [1.82, 2.24) is 5.32 Å². The fourth-order valence-electron chi connectivity index (χ4n) is 2.86. The summed E-state index contributed by atoms with van der Waals surface area (Å²) in [5, 5.41) is 2.99. The van der Waals surface area contributed by atoms with Gasteiger partial charge in [-0.2, -0.15) is 0 Å². The van der Waals surface area contributed by atoms with Crippen molar-refractivity contribution in [3.63, 3.8) is 0 Å². The average Bonchev–Trinajstić information content (AvgIpc) is 2.76. The maximum atomic E-state index is 12.6. The van der Waals surface area contributed by atoms with Crippen molar-refractivity contribution >= 4 is 17.4 Å². The molecule has 22 heavy (non-hydrogen) atoms. The van der Waals surface area contributed by atoms with Gasteiger partial charge in [-0.15, -0.1) is 0 Å². The van der Waals surface area contributed by atoms with Gasteiger partial charge in [-0.3, -0.25) is 4.90 Å². The van der Waals surface area contributed by atoms with Gasteiger partial charge in [0.15, 0.2) is 0 Å². The summed E-state index contributed by atoms with van der Waals surface area (Å²) in [7, 11) is 0. The summed E-state index contributed by atoms with van der Waals surface area (Å²) in [6, 6.07) is 15.7. The lowest BCUT2D eigenvalue weighted by molar-refractivity contribution is 0.246. The molecule has 0 saturated carbocycles. The molecule has 0 radical (unpaired) electrons. The molecule has 2 aromatic carbocycles. The number of benzene rings is 2. The van der Waals surface area contributed by atoms with Crippen LogP contribution in [0.15, 0.2) is 48.5 Å². The van der Waals surface area contributed by atoms with Crippen LogP contribution in [0.5, 0.6) is 0 Å². The largest absolute Gasteiger partial charge is 0.398 e. The molecule has 0 saturated heterocycles. The fraction of sp³-hybridized carbons (Fsp3) is 0.278. The van der Waals surface area contributed by atoms with Gasteiger partial charge in [-0.05, 0) is 42.5 Å². The van der Waals surface area contributed by atoms with E-state index in [0.717, 1.165) is 37.1 Å². The summed E-state index contributed by atoms with van der Waals surface area (Å²) in [6.07, 6.45) is 3.17. The third-order valence-corrected chi connectivity index (χ3v) is 4.09. The molecule has 0 aromatic heterocycles. The third kappa shape index (κ3) is 3.06. The zero-order valence-electron chi connectivity index (χ0n) is 12.6. The molecule has 0 unspecified atom stereocenters. The molecule has 0 atom stereocenters. The van der Waals surface area contributed by atoms with Crippen LogP contribution in [0.2, 0.25) is 0 Å². The number of nitrogens with zero attached hydrogens (tertiary/aromatic N) is 1. The maximum absolute atomic E-state index is 12.6. The predicted molar refractivity (Wildman–Crippen MR) is 89.8 cm³/mol. The Morgan fingerprint density at radius 2 is 1.86 bits per heavy atom. The second kappa shape index (κ2) is 6.52. The number of aryl methyl sites for hydroxylation is 1. The van der Waals surface area contributed by atoms with E-state index in [1.54, 1.807) is 0 Å². The van der Waals surface area contributed by atoms with Crippen LogP contribution in [-0.4, -0.2) is 12.6 Å². The van der Waals surface area contributed by atoms with Gasteiger partial charge in [0, 0.05) is 24.5 Å². The van der Waals surface area contributed by atoms with Crippen molar-refractivity contribution in [2.24, 2.45) is 0 Å². The van der Waals surface area contributed by atoms with Crippen LogP contribution < -0.4 is 16.0 Å². The standard InChI is InChI=1S/C18H21N3O/c19-16-10-3-1-9-15(16)13-20-18(22)21-12-6-5-8-14-7-2-4-11-17(14)21/h1-4,7,9-11H,5-6,8,12-13,19H2,(H,20,22). The number of amides is 2. The first kappa shape index (κ1) is 14.4. The molecule has 114 valence electrons. The van der Waals surface area contributed by atoms with Gasteiger partial charge in [0.2, 0.25) is 0 Å². The van der Waals surface area contributed by atoms with Gasteiger partial charge in [0.05, 0.1) is 0 Å². The van der Waals surface area contributed by atoms with E-state index in [-0.39, 0.29) is 6.03 Å². The fourth-order valence-corrected chi connectivity index (χ4v) is 2.86. The number of urea groups is 1. The highest BCUT2D eigenvalue weighted by atomic mass is 16.2. The maximum Gasteiger partial charge on any atom is 0.322 e. The average molecular weight is 295 g/mol. The van der Waals surface area contributed by atoms with E-state index < -0.39 is 0 Å². The monoisotopic (exact) mass is 295 g/mol. The highest BCUT2D eigenvalue weighted by Gasteiger charge is 2.20. The van der Waals surface area contributed by atoms with E-state index >= 15 is 0 Å². The van der Waals surface area contributed by atoms with Crippen LogP contribution in [0.4, 0.5) is 16.2 Å². The zero-order chi connectivity index (χ0) is 15.4. The first-order valence-electron chi connectivity index (χ1n) is 7.72. The Morgan fingerprint density at radius 3 is 2.73 bits per heavy atom. The van der Waals surface area contributed by atoms with Gasteiger partial charge in [-0.25, -0.2) is 4.79 Å². The molecular formula is C18H21N3O. The number of carbonyl (C=O) groups is 1. The van der Waals surface area contributed by atoms with Gasteiger partial charge < -0.3 is 11.1 Å². The van der Waals surface area contributed by atoms with E-state index in [1.165, 1.54) is 5.56 Å². The normalized spacial score (nSPS) is 14.1. The second-order valence-electron chi connectivity index (χ2n) is 5.59. The van der Waals surface area contributed by atoms with E-state index in [0.29, 0.717) is 12.2 Å². The number of nitrogens with two attached hydrogens (primary N) is 1. The van der Waals surface area contributed by atoms with Gasteiger partial charge in [-0.1, -0.05) is 36.4 Å². The molecule has 1 aliphatic heterocycles. The molecule has 4 heteroatoms. The summed E-state index contributed by atoms with van der Waals surface area (Å²) in [5.74, 6) is 0. The highest BCUT2D eigenvalue weighted by Crippen LogP contribution is 2.26. The Kier molecular flexibility index (Phi) is 4.28. The zero-order valence-corrected chi connectivity index (χ0v) is 12.6. The molecular weight excluding hydrogens is 274 g/mol. The molecule has 1 aliphatic rings. The minimum absolute atomic E-state index is 0.0578. The van der Waals surface area contributed by atoms with Crippen molar-refractivity contribution < 1.29 is 4.79 Å². The van der Waals surface area contributed by atoms with E-state index in [2.05, 4.69) is 11.4 Å². The quantitative estimate of drug-likeness (QED) is 0.835. The SMILES string of the molecule is Nc1ccccc1CNC(=O)N1CCCCc2ccccc21. The van der Waals surface area contributed by atoms with Crippen LogP contribution in [-0.2, 0) is 13.0 Å². The minimum atomic E-state index is -0.0578. The van der Waals surface area contributed by atoms with Crippen molar-refractivity contribution in [1.29, 1.82) is 0 Å². The lowest BCUT2D eigenvalue weighted by Crippen LogP contribution is -2.40. The molecule has 0 bridgehead atoms. The number of anilines is 2. The summed E-state index contributed by atoms with van der Waals surface area (Å²) in [5.41, 5.74) is 9.84. The highest BCUT2D eigenvalue weighted by molar-refractivity contribution is 5.93. The minimum Gasteiger partial charge on any atom is -0.398 e. The van der Waals surface area contributed by atoms with Gasteiger partial charge in [0.25, 0.3) is 0 Å². The van der Waals surface area contributed by atoms with E-state index in [4.69, 9.17) is 5.73 Å². The van der Waals surface area contributed by atoms with E-state index in [9.17, 15) is 4.79 Å². The first-order chi connectivity index (χ1) is 10.8. The summed E-state index contributed by atoms with van der Waals surface area (Å²) < 4.78 is 0. The van der Waals surface area contributed by atoms with Crippen molar-refractivity contribution in [3.05, 3.63) is 59.7 Å². The summed E-state index contributed by atoms with van der Waals surface area (Å²) in [4.78, 5) is 14.4. The smallest absolute Gasteiger partial charge is 0.322 e. The molecule has 0 fully saturated rings. The Morgan fingerprint density at radius 1 is 1.09 bits per heavy atom. The number of fused-ring (bicyclic) bond motifs is 1. The number of rotatable bonds is 2. The Bertz CT molecular complexity index is 669. The number of nitrogen functional groups attached to an aromatic ring is 1. The number of hydrogen-bond donors (Lipinski definition) is 2. The van der Waals surface area contributed by atoms with E-state index in [1.807, 2.05) is 47.4 Å².